The summed E-state index contributed by atoms with van der Waals surface area (Å²) in [6, 6.07) is 1.82. The van der Waals surface area contributed by atoms with E-state index in [0.29, 0.717) is 11.5 Å². The largest absolute Gasteiger partial charge is 0.396 e. The molecule has 6 heteroatoms. The fourth-order valence-corrected chi connectivity index (χ4v) is 1.94. The predicted octanol–water partition coefficient (Wildman–Crippen LogP) is 2.47. The summed E-state index contributed by atoms with van der Waals surface area (Å²) in [7, 11) is 1.89. The van der Waals surface area contributed by atoms with Gasteiger partial charge in [0.25, 0.3) is 0 Å². The third-order valence-electron chi connectivity index (χ3n) is 2.38. The van der Waals surface area contributed by atoms with E-state index in [1.54, 1.807) is 10.9 Å². The lowest BCUT2D eigenvalue weighted by Gasteiger charge is -2.07. The van der Waals surface area contributed by atoms with Crippen molar-refractivity contribution in [3.8, 4) is 0 Å². The number of nitrogens with zero attached hydrogens (tertiary/aromatic N) is 3. The van der Waals surface area contributed by atoms with E-state index in [1.807, 2.05) is 19.3 Å². The second-order valence-corrected chi connectivity index (χ2v) is 4.65. The molecule has 0 aliphatic carbocycles. The maximum Gasteiger partial charge on any atom is 0.153 e. The fraction of sp³-hybridized carbons (Fsp3) is 0.273. The van der Waals surface area contributed by atoms with Gasteiger partial charge in [0.15, 0.2) is 5.82 Å². The van der Waals surface area contributed by atoms with Gasteiger partial charge in [-0.2, -0.15) is 5.10 Å². The molecule has 0 fully saturated rings. The van der Waals surface area contributed by atoms with Crippen LogP contribution in [-0.2, 0) is 13.5 Å². The Morgan fingerprint density at radius 2 is 2.29 bits per heavy atom. The molecule has 0 radical (unpaired) electrons. The van der Waals surface area contributed by atoms with Gasteiger partial charge >= 0.3 is 0 Å². The molecule has 0 atom stereocenters. The van der Waals surface area contributed by atoms with Crippen LogP contribution in [0.3, 0.4) is 0 Å². The summed E-state index contributed by atoms with van der Waals surface area (Å²) in [5, 5.41) is 7.55. The van der Waals surface area contributed by atoms with E-state index in [-0.39, 0.29) is 0 Å². The average Bonchev–Trinajstić information content (AvgIpc) is 2.63. The maximum absolute atomic E-state index is 5.89. The standard InChI is InChI=1S/C11H14BrN5/c1-3-9-10(6-17(2)16-9)15-11-8(13)4-7(12)5-14-11/h4-6H,3,13H2,1-2H3,(H,14,15). The highest BCUT2D eigenvalue weighted by atomic mass is 79.9. The van der Waals surface area contributed by atoms with Crippen molar-refractivity contribution < 1.29 is 0 Å². The van der Waals surface area contributed by atoms with E-state index in [0.717, 1.165) is 22.3 Å². The van der Waals surface area contributed by atoms with Gasteiger partial charge in [0.05, 0.1) is 17.1 Å². The number of pyridine rings is 1. The van der Waals surface area contributed by atoms with E-state index in [2.05, 4.69) is 38.3 Å². The molecule has 0 aliphatic heterocycles. The van der Waals surface area contributed by atoms with Crippen molar-refractivity contribution in [2.75, 3.05) is 11.1 Å². The Morgan fingerprint density at radius 1 is 1.53 bits per heavy atom. The normalized spacial score (nSPS) is 10.5. The molecule has 0 aliphatic rings. The second-order valence-electron chi connectivity index (χ2n) is 3.73. The number of nitrogens with one attached hydrogen (secondary N) is 1. The van der Waals surface area contributed by atoms with E-state index in [9.17, 15) is 0 Å². The minimum atomic E-state index is 0.602. The molecule has 0 saturated heterocycles. The monoisotopic (exact) mass is 295 g/mol. The Kier molecular flexibility index (Phi) is 3.33. The summed E-state index contributed by atoms with van der Waals surface area (Å²) in [6.45, 7) is 2.06. The van der Waals surface area contributed by atoms with Crippen LogP contribution in [0.1, 0.15) is 12.6 Å². The van der Waals surface area contributed by atoms with Crippen molar-refractivity contribution in [3.63, 3.8) is 0 Å². The molecule has 2 heterocycles. The van der Waals surface area contributed by atoms with Gasteiger partial charge in [-0.1, -0.05) is 6.92 Å². The smallest absolute Gasteiger partial charge is 0.153 e. The summed E-state index contributed by atoms with van der Waals surface area (Å²) in [5.41, 5.74) is 8.43. The highest BCUT2D eigenvalue weighted by Crippen LogP contribution is 2.25. The average molecular weight is 296 g/mol. The van der Waals surface area contributed by atoms with Gasteiger partial charge < -0.3 is 11.1 Å². The molecule has 0 amide bonds. The summed E-state index contributed by atoms with van der Waals surface area (Å²) < 4.78 is 2.64. The maximum atomic E-state index is 5.89. The molecule has 5 nitrogen and oxygen atoms in total. The summed E-state index contributed by atoms with van der Waals surface area (Å²) in [6.07, 6.45) is 4.49. The molecule has 3 N–H and O–H groups in total. The number of nitrogens with two attached hydrogens (primary N) is 1. The Hall–Kier alpha value is -1.56. The molecule has 90 valence electrons. The molecule has 2 aromatic rings. The Bertz CT molecular complexity index is 535. The van der Waals surface area contributed by atoms with Crippen LogP contribution in [0.5, 0.6) is 0 Å². The first-order valence-electron chi connectivity index (χ1n) is 5.30. The zero-order chi connectivity index (χ0) is 12.4. The molecule has 0 spiro atoms. The van der Waals surface area contributed by atoms with Crippen molar-refractivity contribution in [2.45, 2.75) is 13.3 Å². The number of nitrogen functional groups attached to an aromatic ring is 1. The fourth-order valence-electron chi connectivity index (χ4n) is 1.59. The minimum absolute atomic E-state index is 0.602. The van der Waals surface area contributed by atoms with Crippen molar-refractivity contribution in [1.82, 2.24) is 14.8 Å². The minimum Gasteiger partial charge on any atom is -0.396 e. The number of hydrogen-bond donors (Lipinski definition) is 2. The van der Waals surface area contributed by atoms with Crippen LogP contribution in [-0.4, -0.2) is 14.8 Å². The van der Waals surface area contributed by atoms with Crippen LogP contribution in [0.4, 0.5) is 17.2 Å². The van der Waals surface area contributed by atoms with Crippen LogP contribution in [0, 0.1) is 0 Å². The second kappa shape index (κ2) is 4.75. The predicted molar refractivity (Wildman–Crippen MR) is 72.2 cm³/mol. The molecule has 0 saturated carbocycles. The highest BCUT2D eigenvalue weighted by molar-refractivity contribution is 9.10. The van der Waals surface area contributed by atoms with Crippen molar-refractivity contribution in [2.24, 2.45) is 7.05 Å². The van der Waals surface area contributed by atoms with Gasteiger partial charge in [0.1, 0.15) is 0 Å². The number of halogens is 1. The van der Waals surface area contributed by atoms with Gasteiger partial charge in [-0.25, -0.2) is 4.98 Å². The molecular formula is C11H14BrN5. The van der Waals surface area contributed by atoms with Gasteiger partial charge in [0.2, 0.25) is 0 Å². The summed E-state index contributed by atoms with van der Waals surface area (Å²) in [5.74, 6) is 0.649. The molecule has 2 rings (SSSR count). The summed E-state index contributed by atoms with van der Waals surface area (Å²) >= 11 is 3.33. The molecule has 0 unspecified atom stereocenters. The van der Waals surface area contributed by atoms with Crippen LogP contribution < -0.4 is 11.1 Å². The topological polar surface area (TPSA) is 68.8 Å². The molecular weight excluding hydrogens is 282 g/mol. The number of rotatable bonds is 3. The van der Waals surface area contributed by atoms with Crippen molar-refractivity contribution >= 4 is 33.1 Å². The number of anilines is 3. The first-order valence-corrected chi connectivity index (χ1v) is 6.10. The Morgan fingerprint density at radius 3 is 2.94 bits per heavy atom. The number of hydrogen-bond acceptors (Lipinski definition) is 4. The Labute approximate surface area is 108 Å². The van der Waals surface area contributed by atoms with Gasteiger partial charge in [0, 0.05) is 23.9 Å². The van der Waals surface area contributed by atoms with Crippen LogP contribution in [0.2, 0.25) is 0 Å². The van der Waals surface area contributed by atoms with E-state index < -0.39 is 0 Å². The molecule has 0 bridgehead atoms. The number of aryl methyl sites for hydroxylation is 2. The van der Waals surface area contributed by atoms with E-state index in [1.165, 1.54) is 0 Å². The van der Waals surface area contributed by atoms with Crippen molar-refractivity contribution in [1.29, 1.82) is 0 Å². The quantitative estimate of drug-likeness (QED) is 0.913. The van der Waals surface area contributed by atoms with E-state index in [4.69, 9.17) is 5.73 Å². The number of aromatic nitrogens is 3. The first kappa shape index (κ1) is 11.9. The van der Waals surface area contributed by atoms with E-state index >= 15 is 0 Å². The molecule has 17 heavy (non-hydrogen) atoms. The lowest BCUT2D eigenvalue weighted by atomic mass is 10.3. The van der Waals surface area contributed by atoms with Gasteiger partial charge in [-0.05, 0) is 28.4 Å². The SMILES string of the molecule is CCc1nn(C)cc1Nc1ncc(Br)cc1N. The third kappa shape index (κ3) is 2.58. The van der Waals surface area contributed by atoms with Crippen LogP contribution in [0.25, 0.3) is 0 Å². The van der Waals surface area contributed by atoms with Crippen LogP contribution >= 0.6 is 15.9 Å². The highest BCUT2D eigenvalue weighted by Gasteiger charge is 2.08. The van der Waals surface area contributed by atoms with Gasteiger partial charge in [-0.3, -0.25) is 4.68 Å². The van der Waals surface area contributed by atoms with Gasteiger partial charge in [-0.15, -0.1) is 0 Å². The zero-order valence-corrected chi connectivity index (χ0v) is 11.3. The van der Waals surface area contributed by atoms with Crippen LogP contribution in [0.15, 0.2) is 22.9 Å². The lowest BCUT2D eigenvalue weighted by Crippen LogP contribution is -2.00. The lowest BCUT2D eigenvalue weighted by molar-refractivity contribution is 0.746. The molecule has 0 aromatic carbocycles. The summed E-state index contributed by atoms with van der Waals surface area (Å²) in [4.78, 5) is 4.24. The first-order chi connectivity index (χ1) is 8.10. The third-order valence-corrected chi connectivity index (χ3v) is 2.81. The molecule has 2 aromatic heterocycles. The zero-order valence-electron chi connectivity index (χ0n) is 9.74. The van der Waals surface area contributed by atoms with Crippen molar-refractivity contribution in [3.05, 3.63) is 28.6 Å². The Balaban J connectivity index is 2.30.